The molecule has 0 fully saturated rings. The molecule has 2 aromatic heterocycles. The van der Waals surface area contributed by atoms with Gasteiger partial charge in [0.25, 0.3) is 5.91 Å². The molecule has 3 amide bonds. The number of benzene rings is 1. The Morgan fingerprint density at radius 2 is 2.04 bits per heavy atom. The average Bonchev–Trinajstić information content (AvgIpc) is 2.90. The maximum absolute atomic E-state index is 11.7. The summed E-state index contributed by atoms with van der Waals surface area (Å²) in [5, 5.41) is 6.25. The molecular formula is C16H16N6O2. The number of anilines is 2. The average molecular weight is 324 g/mol. The van der Waals surface area contributed by atoms with Crippen LogP contribution in [0.25, 0.3) is 10.9 Å². The molecule has 24 heavy (non-hydrogen) atoms. The number of aromatic amines is 1. The van der Waals surface area contributed by atoms with Gasteiger partial charge in [-0.15, -0.1) is 0 Å². The molecule has 0 radical (unpaired) electrons. The number of primary amides is 2. The SMILES string of the molecule is NC(=O)Nc1[nH]c2cc(CNc3cccnc3)ccc2c1C(N)=O. The fraction of sp³-hybridized carbons (Fsp3) is 0.0625. The van der Waals surface area contributed by atoms with Gasteiger partial charge in [-0.05, 0) is 23.8 Å². The molecule has 8 nitrogen and oxygen atoms in total. The first-order valence-corrected chi connectivity index (χ1v) is 7.19. The van der Waals surface area contributed by atoms with Crippen LogP contribution in [-0.4, -0.2) is 21.9 Å². The van der Waals surface area contributed by atoms with Crippen LogP contribution in [0.3, 0.4) is 0 Å². The molecule has 3 aromatic rings. The van der Waals surface area contributed by atoms with Gasteiger partial charge in [0.15, 0.2) is 0 Å². The van der Waals surface area contributed by atoms with Crippen molar-refractivity contribution in [3.05, 3.63) is 53.9 Å². The lowest BCUT2D eigenvalue weighted by Gasteiger charge is -2.06. The monoisotopic (exact) mass is 324 g/mol. The zero-order valence-electron chi connectivity index (χ0n) is 12.7. The summed E-state index contributed by atoms with van der Waals surface area (Å²) < 4.78 is 0. The number of carbonyl (C=O) groups is 2. The van der Waals surface area contributed by atoms with Gasteiger partial charge >= 0.3 is 6.03 Å². The van der Waals surface area contributed by atoms with E-state index in [-0.39, 0.29) is 11.4 Å². The predicted octanol–water partition coefficient (Wildman–Crippen LogP) is 1.76. The first-order chi connectivity index (χ1) is 11.5. The highest BCUT2D eigenvalue weighted by Gasteiger charge is 2.17. The van der Waals surface area contributed by atoms with Crippen molar-refractivity contribution in [2.24, 2.45) is 11.5 Å². The molecule has 0 aliphatic rings. The zero-order chi connectivity index (χ0) is 17.1. The number of aromatic nitrogens is 2. The smallest absolute Gasteiger partial charge is 0.317 e. The molecule has 1 aromatic carbocycles. The van der Waals surface area contributed by atoms with Crippen molar-refractivity contribution in [2.45, 2.75) is 6.54 Å². The van der Waals surface area contributed by atoms with Crippen LogP contribution in [0.2, 0.25) is 0 Å². The number of urea groups is 1. The third-order valence-corrected chi connectivity index (χ3v) is 3.52. The minimum absolute atomic E-state index is 0.197. The van der Waals surface area contributed by atoms with Crippen molar-refractivity contribution < 1.29 is 9.59 Å². The van der Waals surface area contributed by atoms with E-state index < -0.39 is 11.9 Å². The van der Waals surface area contributed by atoms with Crippen molar-refractivity contribution in [1.29, 1.82) is 0 Å². The van der Waals surface area contributed by atoms with Crippen LogP contribution in [0.15, 0.2) is 42.7 Å². The second-order valence-corrected chi connectivity index (χ2v) is 5.20. The Labute approximate surface area is 137 Å². The third kappa shape index (κ3) is 3.12. The minimum Gasteiger partial charge on any atom is -0.380 e. The van der Waals surface area contributed by atoms with E-state index in [0.717, 1.165) is 11.3 Å². The molecule has 3 rings (SSSR count). The Kier molecular flexibility index (Phi) is 4.02. The number of hydrogen-bond acceptors (Lipinski definition) is 4. The van der Waals surface area contributed by atoms with Gasteiger partial charge < -0.3 is 21.8 Å². The number of nitrogens with one attached hydrogen (secondary N) is 3. The van der Waals surface area contributed by atoms with Crippen molar-refractivity contribution >= 4 is 34.3 Å². The lowest BCUT2D eigenvalue weighted by atomic mass is 10.1. The molecule has 0 aliphatic carbocycles. The third-order valence-electron chi connectivity index (χ3n) is 3.52. The summed E-state index contributed by atoms with van der Waals surface area (Å²) in [6.45, 7) is 0.575. The molecule has 0 atom stereocenters. The highest BCUT2D eigenvalue weighted by molar-refractivity contribution is 6.12. The largest absolute Gasteiger partial charge is 0.380 e. The van der Waals surface area contributed by atoms with Gasteiger partial charge in [-0.25, -0.2) is 4.79 Å². The van der Waals surface area contributed by atoms with Crippen LogP contribution in [0.1, 0.15) is 15.9 Å². The highest BCUT2D eigenvalue weighted by atomic mass is 16.2. The molecule has 0 bridgehead atoms. The number of hydrogen-bond donors (Lipinski definition) is 5. The highest BCUT2D eigenvalue weighted by Crippen LogP contribution is 2.27. The number of nitrogens with zero attached hydrogens (tertiary/aromatic N) is 1. The van der Waals surface area contributed by atoms with Gasteiger partial charge in [-0.3, -0.25) is 15.1 Å². The van der Waals surface area contributed by atoms with Gasteiger partial charge in [-0.1, -0.05) is 12.1 Å². The van der Waals surface area contributed by atoms with Gasteiger partial charge in [-0.2, -0.15) is 0 Å². The van der Waals surface area contributed by atoms with E-state index in [9.17, 15) is 9.59 Å². The summed E-state index contributed by atoms with van der Waals surface area (Å²) in [5.41, 5.74) is 13.3. The van der Waals surface area contributed by atoms with E-state index in [4.69, 9.17) is 11.5 Å². The van der Waals surface area contributed by atoms with Crippen LogP contribution >= 0.6 is 0 Å². The molecule has 0 saturated carbocycles. The summed E-state index contributed by atoms with van der Waals surface area (Å²) in [6.07, 6.45) is 3.43. The van der Waals surface area contributed by atoms with Crippen molar-refractivity contribution in [3.63, 3.8) is 0 Å². The standard InChI is InChI=1S/C16H16N6O2/c17-14(23)13-11-4-3-9(7-20-10-2-1-5-19-8-10)6-12(11)21-15(13)22-16(18)24/h1-6,8,20-21H,7H2,(H2,17,23)(H3,18,22,24). The number of nitrogens with two attached hydrogens (primary N) is 2. The summed E-state index contributed by atoms with van der Waals surface area (Å²) in [6, 6.07) is 8.51. The number of fused-ring (bicyclic) bond motifs is 1. The Morgan fingerprint density at radius 1 is 1.21 bits per heavy atom. The fourth-order valence-corrected chi connectivity index (χ4v) is 2.50. The Morgan fingerprint density at radius 3 is 2.71 bits per heavy atom. The van der Waals surface area contributed by atoms with Crippen LogP contribution in [-0.2, 0) is 6.54 Å². The van der Waals surface area contributed by atoms with Crippen LogP contribution in [0.4, 0.5) is 16.3 Å². The van der Waals surface area contributed by atoms with E-state index in [1.165, 1.54) is 0 Å². The number of H-pyrrole nitrogens is 1. The van der Waals surface area contributed by atoms with E-state index in [0.29, 0.717) is 17.4 Å². The Hall–Kier alpha value is -3.55. The number of carbonyl (C=O) groups excluding carboxylic acids is 2. The molecule has 0 unspecified atom stereocenters. The maximum atomic E-state index is 11.7. The van der Waals surface area contributed by atoms with E-state index in [2.05, 4.69) is 20.6 Å². The minimum atomic E-state index is -0.775. The number of amides is 3. The van der Waals surface area contributed by atoms with E-state index >= 15 is 0 Å². The van der Waals surface area contributed by atoms with Gasteiger partial charge in [0.1, 0.15) is 5.82 Å². The molecule has 0 spiro atoms. The van der Waals surface area contributed by atoms with Crippen LogP contribution in [0.5, 0.6) is 0 Å². The van der Waals surface area contributed by atoms with Gasteiger partial charge in [0, 0.05) is 29.8 Å². The van der Waals surface area contributed by atoms with Crippen LogP contribution < -0.4 is 22.1 Å². The normalized spacial score (nSPS) is 10.5. The van der Waals surface area contributed by atoms with Gasteiger partial charge in [0.05, 0.1) is 11.3 Å². The first-order valence-electron chi connectivity index (χ1n) is 7.19. The molecular weight excluding hydrogens is 308 g/mol. The van der Waals surface area contributed by atoms with Crippen molar-refractivity contribution in [2.75, 3.05) is 10.6 Å². The second-order valence-electron chi connectivity index (χ2n) is 5.20. The van der Waals surface area contributed by atoms with E-state index in [1.54, 1.807) is 18.5 Å². The van der Waals surface area contributed by atoms with Crippen molar-refractivity contribution in [3.8, 4) is 0 Å². The van der Waals surface area contributed by atoms with Crippen molar-refractivity contribution in [1.82, 2.24) is 9.97 Å². The lowest BCUT2D eigenvalue weighted by Crippen LogP contribution is -2.22. The Bertz CT molecular complexity index is 904. The summed E-state index contributed by atoms with van der Waals surface area (Å²) >= 11 is 0. The zero-order valence-corrected chi connectivity index (χ0v) is 12.7. The molecule has 2 heterocycles. The quantitative estimate of drug-likeness (QED) is 0.488. The first kappa shape index (κ1) is 15.3. The lowest BCUT2D eigenvalue weighted by molar-refractivity contribution is 0.100. The molecule has 8 heteroatoms. The summed E-state index contributed by atoms with van der Waals surface area (Å²) in [5.74, 6) is -0.450. The Balaban J connectivity index is 1.90. The second kappa shape index (κ2) is 6.29. The number of rotatable bonds is 5. The van der Waals surface area contributed by atoms with E-state index in [1.807, 2.05) is 24.3 Å². The fourth-order valence-electron chi connectivity index (χ4n) is 2.50. The van der Waals surface area contributed by atoms with Crippen LogP contribution in [0, 0.1) is 0 Å². The summed E-state index contributed by atoms with van der Waals surface area (Å²) in [4.78, 5) is 29.7. The predicted molar refractivity (Wildman–Crippen MR) is 91.6 cm³/mol. The van der Waals surface area contributed by atoms with Gasteiger partial charge in [0.2, 0.25) is 0 Å². The topological polar surface area (TPSA) is 139 Å². The maximum Gasteiger partial charge on any atom is 0.317 e. The molecule has 0 saturated heterocycles. The summed E-state index contributed by atoms with van der Waals surface area (Å²) in [7, 11) is 0. The molecule has 7 N–H and O–H groups in total. The molecule has 122 valence electrons. The number of pyridine rings is 1. The molecule has 0 aliphatic heterocycles.